The van der Waals surface area contributed by atoms with Crippen LogP contribution in [0.3, 0.4) is 0 Å². The average Bonchev–Trinajstić information content (AvgIpc) is 3.02. The minimum atomic E-state index is -0.625. The van der Waals surface area contributed by atoms with Crippen molar-refractivity contribution < 1.29 is 14.5 Å². The predicted octanol–water partition coefficient (Wildman–Crippen LogP) is 3.60. The van der Waals surface area contributed by atoms with Crippen molar-refractivity contribution in [3.8, 4) is 0 Å². The minimum Gasteiger partial charge on any atom is -0.455 e. The number of hydrogen-bond acceptors (Lipinski definition) is 7. The third kappa shape index (κ3) is 3.18. The molecule has 0 fully saturated rings. The highest BCUT2D eigenvalue weighted by molar-refractivity contribution is 7.18. The highest BCUT2D eigenvalue weighted by atomic mass is 32.1. The van der Waals surface area contributed by atoms with Gasteiger partial charge in [-0.1, -0.05) is 12.1 Å². The molecule has 7 nitrogen and oxygen atoms in total. The summed E-state index contributed by atoms with van der Waals surface area (Å²) in [7, 11) is 1.58. The standard InChI is InChI=1S/C16H13N3O4S/c1-17-11-7-6-10(8-13(11)19(21)22)16(20)23-9-15-18-12-4-2-3-5-14(12)24-15/h2-8,17H,9H2,1H3. The van der Waals surface area contributed by atoms with Crippen LogP contribution in [0.15, 0.2) is 42.5 Å². The number of anilines is 1. The van der Waals surface area contributed by atoms with Crippen molar-refractivity contribution in [3.05, 3.63) is 63.1 Å². The Balaban J connectivity index is 1.75. The van der Waals surface area contributed by atoms with E-state index in [9.17, 15) is 14.9 Å². The summed E-state index contributed by atoms with van der Waals surface area (Å²) in [6.45, 7) is 0.0275. The summed E-state index contributed by atoms with van der Waals surface area (Å²) in [6.07, 6.45) is 0. The van der Waals surface area contributed by atoms with Crippen molar-refractivity contribution in [1.29, 1.82) is 0 Å². The van der Waals surface area contributed by atoms with E-state index in [0.717, 1.165) is 10.2 Å². The van der Waals surface area contributed by atoms with E-state index in [1.54, 1.807) is 7.05 Å². The van der Waals surface area contributed by atoms with Crippen molar-refractivity contribution in [3.63, 3.8) is 0 Å². The van der Waals surface area contributed by atoms with Crippen LogP contribution in [0.25, 0.3) is 10.2 Å². The summed E-state index contributed by atoms with van der Waals surface area (Å²) in [5.41, 5.74) is 1.14. The van der Waals surface area contributed by atoms with E-state index in [1.807, 2.05) is 24.3 Å². The molecule has 0 atom stereocenters. The van der Waals surface area contributed by atoms with Gasteiger partial charge in [0.2, 0.25) is 0 Å². The molecule has 0 aliphatic carbocycles. The molecule has 24 heavy (non-hydrogen) atoms. The lowest BCUT2D eigenvalue weighted by molar-refractivity contribution is -0.384. The Labute approximate surface area is 141 Å². The molecule has 3 aromatic rings. The molecule has 0 saturated carbocycles. The van der Waals surface area contributed by atoms with Crippen LogP contribution in [0.4, 0.5) is 11.4 Å². The Morgan fingerprint density at radius 2 is 2.12 bits per heavy atom. The number of esters is 1. The number of benzene rings is 2. The molecule has 8 heteroatoms. The van der Waals surface area contributed by atoms with Gasteiger partial charge in [0.05, 0.1) is 20.7 Å². The normalized spacial score (nSPS) is 10.5. The van der Waals surface area contributed by atoms with Crippen LogP contribution in [0.1, 0.15) is 15.4 Å². The molecule has 3 rings (SSSR count). The summed E-state index contributed by atoms with van der Waals surface area (Å²) in [5.74, 6) is -0.625. The van der Waals surface area contributed by atoms with Gasteiger partial charge in [-0.15, -0.1) is 11.3 Å². The topological polar surface area (TPSA) is 94.4 Å². The molecule has 1 N–H and O–H groups in total. The van der Waals surface area contributed by atoms with Gasteiger partial charge in [0.15, 0.2) is 0 Å². The smallest absolute Gasteiger partial charge is 0.338 e. The molecule has 0 saturated heterocycles. The quantitative estimate of drug-likeness (QED) is 0.432. The van der Waals surface area contributed by atoms with Gasteiger partial charge in [0.1, 0.15) is 17.3 Å². The number of carbonyl (C=O) groups excluding carboxylic acids is 1. The van der Waals surface area contributed by atoms with Gasteiger partial charge in [-0.05, 0) is 24.3 Å². The van der Waals surface area contributed by atoms with Crippen LogP contribution in [0.5, 0.6) is 0 Å². The van der Waals surface area contributed by atoms with Crippen molar-refractivity contribution in [2.24, 2.45) is 0 Å². The average molecular weight is 343 g/mol. The van der Waals surface area contributed by atoms with Gasteiger partial charge >= 0.3 is 5.97 Å². The fourth-order valence-corrected chi connectivity index (χ4v) is 3.09. The number of nitro groups is 1. The third-order valence-corrected chi connectivity index (χ3v) is 4.37. The van der Waals surface area contributed by atoms with E-state index < -0.39 is 10.9 Å². The Morgan fingerprint density at radius 3 is 2.83 bits per heavy atom. The van der Waals surface area contributed by atoms with E-state index >= 15 is 0 Å². The zero-order chi connectivity index (χ0) is 17.1. The second-order valence-corrected chi connectivity index (χ2v) is 6.01. The lowest BCUT2D eigenvalue weighted by Gasteiger charge is -2.05. The number of carbonyl (C=O) groups is 1. The van der Waals surface area contributed by atoms with Crippen LogP contribution in [0.2, 0.25) is 0 Å². The molecule has 0 amide bonds. The molecular weight excluding hydrogens is 330 g/mol. The fourth-order valence-electron chi connectivity index (χ4n) is 2.21. The number of para-hydroxylation sites is 1. The van der Waals surface area contributed by atoms with Crippen LogP contribution >= 0.6 is 11.3 Å². The summed E-state index contributed by atoms with van der Waals surface area (Å²) < 4.78 is 6.23. The molecule has 122 valence electrons. The SMILES string of the molecule is CNc1ccc(C(=O)OCc2nc3ccccc3s2)cc1[N+](=O)[O-]. The van der Waals surface area contributed by atoms with Crippen molar-refractivity contribution in [2.75, 3.05) is 12.4 Å². The minimum absolute atomic E-state index is 0.0275. The first-order valence-electron chi connectivity index (χ1n) is 7.06. The Bertz CT molecular complexity index is 890. The maximum absolute atomic E-state index is 12.1. The highest BCUT2D eigenvalue weighted by Gasteiger charge is 2.18. The van der Waals surface area contributed by atoms with Crippen LogP contribution in [0, 0.1) is 10.1 Å². The fraction of sp³-hybridized carbons (Fsp3) is 0.125. The summed E-state index contributed by atoms with van der Waals surface area (Å²) >= 11 is 1.44. The number of ether oxygens (including phenoxy) is 1. The third-order valence-electron chi connectivity index (χ3n) is 3.36. The lowest BCUT2D eigenvalue weighted by Crippen LogP contribution is -2.06. The second kappa shape index (κ2) is 6.63. The van der Waals surface area contributed by atoms with Crippen LogP contribution in [-0.4, -0.2) is 22.9 Å². The number of nitrogens with one attached hydrogen (secondary N) is 1. The number of hydrogen-bond donors (Lipinski definition) is 1. The van der Waals surface area contributed by atoms with Crippen molar-refractivity contribution >= 4 is 38.9 Å². The summed E-state index contributed by atoms with van der Waals surface area (Å²) in [4.78, 5) is 27.0. The van der Waals surface area contributed by atoms with Gasteiger partial charge in [-0.3, -0.25) is 10.1 Å². The zero-order valence-electron chi connectivity index (χ0n) is 12.7. The van der Waals surface area contributed by atoms with E-state index in [4.69, 9.17) is 4.74 Å². The predicted molar refractivity (Wildman–Crippen MR) is 91.4 cm³/mol. The molecule has 1 heterocycles. The number of nitro benzene ring substituents is 1. The van der Waals surface area contributed by atoms with Gasteiger partial charge in [-0.25, -0.2) is 9.78 Å². The van der Waals surface area contributed by atoms with Crippen molar-refractivity contribution in [1.82, 2.24) is 4.98 Å². The zero-order valence-corrected chi connectivity index (χ0v) is 13.5. The molecule has 0 radical (unpaired) electrons. The van der Waals surface area contributed by atoms with Gasteiger partial charge in [0.25, 0.3) is 5.69 Å². The first-order chi connectivity index (χ1) is 11.6. The second-order valence-electron chi connectivity index (χ2n) is 4.89. The Kier molecular flexibility index (Phi) is 4.39. The molecule has 0 unspecified atom stereocenters. The van der Waals surface area contributed by atoms with E-state index in [2.05, 4.69) is 10.3 Å². The molecule has 0 bridgehead atoms. The van der Waals surface area contributed by atoms with Gasteiger partial charge in [-0.2, -0.15) is 0 Å². The van der Waals surface area contributed by atoms with Crippen LogP contribution < -0.4 is 5.32 Å². The van der Waals surface area contributed by atoms with E-state index in [0.29, 0.717) is 10.7 Å². The van der Waals surface area contributed by atoms with Crippen molar-refractivity contribution in [2.45, 2.75) is 6.61 Å². The highest BCUT2D eigenvalue weighted by Crippen LogP contribution is 2.26. The largest absolute Gasteiger partial charge is 0.455 e. The van der Waals surface area contributed by atoms with Crippen LogP contribution in [-0.2, 0) is 11.3 Å². The van der Waals surface area contributed by atoms with Gasteiger partial charge < -0.3 is 10.1 Å². The summed E-state index contributed by atoms with van der Waals surface area (Å²) in [6, 6.07) is 11.8. The first-order valence-corrected chi connectivity index (χ1v) is 7.88. The number of thiazole rings is 1. The molecule has 2 aromatic carbocycles. The monoisotopic (exact) mass is 343 g/mol. The maximum Gasteiger partial charge on any atom is 0.338 e. The number of nitrogens with zero attached hydrogens (tertiary/aromatic N) is 2. The lowest BCUT2D eigenvalue weighted by atomic mass is 10.1. The molecule has 0 aliphatic rings. The molecule has 0 aliphatic heterocycles. The number of rotatable bonds is 5. The maximum atomic E-state index is 12.1. The van der Waals surface area contributed by atoms with E-state index in [1.165, 1.54) is 29.5 Å². The number of fused-ring (bicyclic) bond motifs is 1. The Morgan fingerprint density at radius 1 is 1.33 bits per heavy atom. The summed E-state index contributed by atoms with van der Waals surface area (Å²) in [5, 5.41) is 14.4. The molecule has 0 spiro atoms. The molecular formula is C16H13N3O4S. The van der Waals surface area contributed by atoms with Gasteiger partial charge in [0, 0.05) is 13.1 Å². The molecule has 1 aromatic heterocycles. The van der Waals surface area contributed by atoms with E-state index in [-0.39, 0.29) is 17.9 Å². The Hall–Kier alpha value is -3.00. The first kappa shape index (κ1) is 15.9. The number of aromatic nitrogens is 1.